The highest BCUT2D eigenvalue weighted by atomic mass is 32.2. The lowest BCUT2D eigenvalue weighted by Gasteiger charge is -2.39. The Hall–Kier alpha value is -0.620. The molecular formula is C12H22N2O3S. The van der Waals surface area contributed by atoms with Crippen molar-refractivity contribution in [3.8, 4) is 0 Å². The molecule has 2 fully saturated rings. The van der Waals surface area contributed by atoms with Crippen LogP contribution in [0.3, 0.4) is 0 Å². The third-order valence-corrected chi connectivity index (χ3v) is 6.12. The number of nitrogens with two attached hydrogens (primary N) is 1. The second kappa shape index (κ2) is 4.81. The summed E-state index contributed by atoms with van der Waals surface area (Å²) in [5, 5.41) is 0. The molecule has 0 bridgehead atoms. The maximum Gasteiger partial charge on any atom is 0.226 e. The van der Waals surface area contributed by atoms with Crippen molar-refractivity contribution in [1.82, 2.24) is 4.90 Å². The fraction of sp³-hybridized carbons (Fsp3) is 0.917. The van der Waals surface area contributed by atoms with Crippen LogP contribution in [-0.2, 0) is 14.6 Å². The van der Waals surface area contributed by atoms with Crippen molar-refractivity contribution in [3.05, 3.63) is 0 Å². The molecule has 0 aromatic rings. The average Bonchev–Trinajstić information content (AvgIpc) is 2.70. The molecule has 2 aliphatic rings. The van der Waals surface area contributed by atoms with Gasteiger partial charge >= 0.3 is 0 Å². The van der Waals surface area contributed by atoms with Gasteiger partial charge in [0.25, 0.3) is 0 Å². The summed E-state index contributed by atoms with van der Waals surface area (Å²) < 4.78 is 22.8. The van der Waals surface area contributed by atoms with Gasteiger partial charge in [-0.1, -0.05) is 6.92 Å². The third-order valence-electron chi connectivity index (χ3n) is 4.36. The Kier molecular flexibility index (Phi) is 3.69. The van der Waals surface area contributed by atoms with E-state index in [1.165, 1.54) is 0 Å². The first-order valence-corrected chi connectivity index (χ1v) is 8.37. The normalized spacial score (nSPS) is 30.3. The van der Waals surface area contributed by atoms with Crippen LogP contribution >= 0.6 is 0 Å². The standard InChI is InChI=1S/C12H22N2O3S/c1-12(9-13)3-5-14(6-4-12)11(15)10-2-7-18(16,17)8-10/h10H,2-9,13H2,1H3. The zero-order chi connectivity index (χ0) is 13.4. The maximum atomic E-state index is 12.2. The smallest absolute Gasteiger partial charge is 0.226 e. The van der Waals surface area contributed by atoms with E-state index in [0.717, 1.165) is 12.8 Å². The van der Waals surface area contributed by atoms with Gasteiger partial charge in [-0.2, -0.15) is 0 Å². The number of amides is 1. The number of rotatable bonds is 2. The van der Waals surface area contributed by atoms with Crippen LogP contribution in [0.5, 0.6) is 0 Å². The molecule has 0 aromatic heterocycles. The fourth-order valence-corrected chi connectivity index (χ4v) is 4.45. The number of likely N-dealkylation sites (tertiary alicyclic amines) is 1. The topological polar surface area (TPSA) is 80.5 Å². The van der Waals surface area contributed by atoms with Crippen molar-refractivity contribution in [2.75, 3.05) is 31.1 Å². The lowest BCUT2D eigenvalue weighted by molar-refractivity contribution is -0.136. The molecule has 0 aromatic carbocycles. The number of hydrogen-bond acceptors (Lipinski definition) is 4. The van der Waals surface area contributed by atoms with Crippen molar-refractivity contribution in [2.24, 2.45) is 17.1 Å². The molecule has 1 atom stereocenters. The zero-order valence-electron chi connectivity index (χ0n) is 10.9. The Labute approximate surface area is 109 Å². The van der Waals surface area contributed by atoms with Gasteiger partial charge in [0.15, 0.2) is 9.84 Å². The molecular weight excluding hydrogens is 252 g/mol. The van der Waals surface area contributed by atoms with E-state index in [-0.39, 0.29) is 28.7 Å². The minimum atomic E-state index is -2.97. The second-order valence-electron chi connectivity index (χ2n) is 5.94. The van der Waals surface area contributed by atoms with E-state index in [4.69, 9.17) is 5.73 Å². The summed E-state index contributed by atoms with van der Waals surface area (Å²) in [6.07, 6.45) is 2.31. The molecule has 0 radical (unpaired) electrons. The van der Waals surface area contributed by atoms with Crippen molar-refractivity contribution in [2.45, 2.75) is 26.2 Å². The molecule has 1 unspecified atom stereocenters. The number of carbonyl (C=O) groups excluding carboxylic acids is 1. The van der Waals surface area contributed by atoms with Crippen LogP contribution in [0.25, 0.3) is 0 Å². The van der Waals surface area contributed by atoms with Gasteiger partial charge in [0, 0.05) is 13.1 Å². The molecule has 5 nitrogen and oxygen atoms in total. The summed E-state index contributed by atoms with van der Waals surface area (Å²) >= 11 is 0. The molecule has 2 saturated heterocycles. The minimum Gasteiger partial charge on any atom is -0.342 e. The second-order valence-corrected chi connectivity index (χ2v) is 8.17. The fourth-order valence-electron chi connectivity index (χ4n) is 2.72. The molecule has 2 rings (SSSR count). The Morgan fingerprint density at radius 1 is 1.39 bits per heavy atom. The summed E-state index contributed by atoms with van der Waals surface area (Å²) in [4.78, 5) is 14.0. The molecule has 0 aliphatic carbocycles. The SMILES string of the molecule is CC1(CN)CCN(C(=O)C2CCS(=O)(=O)C2)CC1. The van der Waals surface area contributed by atoms with Gasteiger partial charge in [-0.25, -0.2) is 8.42 Å². The first-order chi connectivity index (χ1) is 8.35. The zero-order valence-corrected chi connectivity index (χ0v) is 11.7. The van der Waals surface area contributed by atoms with Crippen LogP contribution in [0.1, 0.15) is 26.2 Å². The minimum absolute atomic E-state index is 0.0233. The molecule has 104 valence electrons. The number of carbonyl (C=O) groups is 1. The largest absolute Gasteiger partial charge is 0.342 e. The van der Waals surface area contributed by atoms with Crippen molar-refractivity contribution >= 4 is 15.7 Å². The van der Waals surface area contributed by atoms with Crippen molar-refractivity contribution in [3.63, 3.8) is 0 Å². The van der Waals surface area contributed by atoms with Gasteiger partial charge in [0.2, 0.25) is 5.91 Å². The van der Waals surface area contributed by atoms with Crippen molar-refractivity contribution < 1.29 is 13.2 Å². The Morgan fingerprint density at radius 2 is 2.00 bits per heavy atom. The summed E-state index contributed by atoms with van der Waals surface area (Å²) in [5.74, 6) is -0.0822. The van der Waals surface area contributed by atoms with E-state index in [1.807, 2.05) is 4.90 Å². The Balaban J connectivity index is 1.93. The highest BCUT2D eigenvalue weighted by Gasteiger charge is 2.38. The van der Waals surface area contributed by atoms with Gasteiger partial charge in [-0.05, 0) is 31.2 Å². The Bertz CT molecular complexity index is 425. The molecule has 2 N–H and O–H groups in total. The van der Waals surface area contributed by atoms with E-state index in [9.17, 15) is 13.2 Å². The third kappa shape index (κ3) is 2.85. The Morgan fingerprint density at radius 3 is 2.44 bits per heavy atom. The number of nitrogens with zero attached hydrogens (tertiary/aromatic N) is 1. The number of sulfone groups is 1. The quantitative estimate of drug-likeness (QED) is 0.769. The van der Waals surface area contributed by atoms with E-state index >= 15 is 0 Å². The lowest BCUT2D eigenvalue weighted by Crippen LogP contribution is -2.46. The first kappa shape index (κ1) is 13.8. The molecule has 2 heterocycles. The van der Waals surface area contributed by atoms with Crippen LogP contribution < -0.4 is 5.73 Å². The summed E-state index contributed by atoms with van der Waals surface area (Å²) in [7, 11) is -2.97. The average molecular weight is 274 g/mol. The monoisotopic (exact) mass is 274 g/mol. The van der Waals surface area contributed by atoms with E-state index in [0.29, 0.717) is 26.1 Å². The van der Waals surface area contributed by atoms with Gasteiger partial charge in [-0.15, -0.1) is 0 Å². The number of hydrogen-bond donors (Lipinski definition) is 1. The highest BCUT2D eigenvalue weighted by Crippen LogP contribution is 2.31. The van der Waals surface area contributed by atoms with Crippen LogP contribution in [0.15, 0.2) is 0 Å². The summed E-state index contributed by atoms with van der Waals surface area (Å²) in [6, 6.07) is 0. The number of piperidine rings is 1. The van der Waals surface area contributed by atoms with E-state index in [2.05, 4.69) is 6.92 Å². The molecule has 1 amide bonds. The predicted molar refractivity (Wildman–Crippen MR) is 69.7 cm³/mol. The molecule has 18 heavy (non-hydrogen) atoms. The lowest BCUT2D eigenvalue weighted by atomic mass is 9.80. The van der Waals surface area contributed by atoms with E-state index < -0.39 is 9.84 Å². The van der Waals surface area contributed by atoms with Gasteiger partial charge in [-0.3, -0.25) is 4.79 Å². The summed E-state index contributed by atoms with van der Waals surface area (Å²) in [6.45, 7) is 4.22. The van der Waals surface area contributed by atoms with Crippen LogP contribution in [0, 0.1) is 11.3 Å². The molecule has 0 saturated carbocycles. The molecule has 6 heteroatoms. The van der Waals surface area contributed by atoms with Crippen LogP contribution in [0.4, 0.5) is 0 Å². The van der Waals surface area contributed by atoms with Crippen molar-refractivity contribution in [1.29, 1.82) is 0 Å². The van der Waals surface area contributed by atoms with Gasteiger partial charge < -0.3 is 10.6 Å². The molecule has 0 spiro atoms. The summed E-state index contributed by atoms with van der Waals surface area (Å²) in [5.41, 5.74) is 5.87. The first-order valence-electron chi connectivity index (χ1n) is 6.54. The highest BCUT2D eigenvalue weighted by molar-refractivity contribution is 7.91. The van der Waals surface area contributed by atoms with Gasteiger partial charge in [0.05, 0.1) is 17.4 Å². The predicted octanol–water partition coefficient (Wildman–Crippen LogP) is 0.00850. The van der Waals surface area contributed by atoms with Gasteiger partial charge in [0.1, 0.15) is 0 Å². The molecule has 2 aliphatic heterocycles. The van der Waals surface area contributed by atoms with Crippen LogP contribution in [-0.4, -0.2) is 50.4 Å². The maximum absolute atomic E-state index is 12.2. The van der Waals surface area contributed by atoms with Crippen LogP contribution in [0.2, 0.25) is 0 Å². The van der Waals surface area contributed by atoms with E-state index in [1.54, 1.807) is 0 Å².